The second-order valence-electron chi connectivity index (χ2n) is 3.66. The van der Waals surface area contributed by atoms with E-state index in [0.29, 0.717) is 12.5 Å². The largest absolute Gasteiger partial charge is 0.469 e. The van der Waals surface area contributed by atoms with Gasteiger partial charge in [-0.3, -0.25) is 0 Å². The van der Waals surface area contributed by atoms with Crippen LogP contribution in [-0.2, 0) is 6.61 Å². The minimum absolute atomic E-state index is 0.400. The SMILES string of the molecule is CCCNc1cccc(OCc2ccco2)n1. The summed E-state index contributed by atoms with van der Waals surface area (Å²) in [5.41, 5.74) is 0. The van der Waals surface area contributed by atoms with Crippen molar-refractivity contribution in [3.05, 3.63) is 42.4 Å². The van der Waals surface area contributed by atoms with Crippen LogP contribution in [0.3, 0.4) is 0 Å². The van der Waals surface area contributed by atoms with Crippen LogP contribution in [0.5, 0.6) is 5.88 Å². The molecule has 2 aromatic rings. The van der Waals surface area contributed by atoms with Crippen LogP contribution in [0.4, 0.5) is 5.82 Å². The normalized spacial score (nSPS) is 10.2. The molecule has 0 aliphatic carbocycles. The zero-order valence-electron chi connectivity index (χ0n) is 9.85. The molecule has 4 nitrogen and oxygen atoms in total. The van der Waals surface area contributed by atoms with E-state index >= 15 is 0 Å². The van der Waals surface area contributed by atoms with E-state index in [9.17, 15) is 0 Å². The van der Waals surface area contributed by atoms with Crippen molar-refractivity contribution in [1.82, 2.24) is 4.98 Å². The van der Waals surface area contributed by atoms with Crippen LogP contribution in [-0.4, -0.2) is 11.5 Å². The Kier molecular flexibility index (Phi) is 4.02. The van der Waals surface area contributed by atoms with Crippen molar-refractivity contribution in [1.29, 1.82) is 0 Å². The number of nitrogens with zero attached hydrogens (tertiary/aromatic N) is 1. The number of aromatic nitrogens is 1. The van der Waals surface area contributed by atoms with Crippen molar-refractivity contribution >= 4 is 5.82 Å². The predicted octanol–water partition coefficient (Wildman–Crippen LogP) is 3.08. The molecule has 0 aromatic carbocycles. The van der Waals surface area contributed by atoms with Gasteiger partial charge < -0.3 is 14.5 Å². The number of furan rings is 1. The van der Waals surface area contributed by atoms with Crippen molar-refractivity contribution < 1.29 is 9.15 Å². The maximum Gasteiger partial charge on any atom is 0.215 e. The molecule has 0 spiro atoms. The lowest BCUT2D eigenvalue weighted by atomic mass is 10.4. The van der Waals surface area contributed by atoms with E-state index in [1.807, 2.05) is 30.3 Å². The molecule has 0 aliphatic heterocycles. The second kappa shape index (κ2) is 5.94. The maximum atomic E-state index is 5.53. The van der Waals surface area contributed by atoms with E-state index < -0.39 is 0 Å². The third-order valence-corrected chi connectivity index (χ3v) is 2.22. The van der Waals surface area contributed by atoms with Gasteiger partial charge in [0.1, 0.15) is 18.2 Å². The highest BCUT2D eigenvalue weighted by Crippen LogP contribution is 2.13. The summed E-state index contributed by atoms with van der Waals surface area (Å²) in [6.45, 7) is 3.43. The Morgan fingerprint density at radius 3 is 3.00 bits per heavy atom. The van der Waals surface area contributed by atoms with Gasteiger partial charge >= 0.3 is 0 Å². The Labute approximate surface area is 101 Å². The molecule has 0 radical (unpaired) electrons. The molecule has 0 saturated carbocycles. The van der Waals surface area contributed by atoms with Crippen LogP contribution in [0.25, 0.3) is 0 Å². The molecule has 0 bridgehead atoms. The first-order valence-corrected chi connectivity index (χ1v) is 5.74. The standard InChI is InChI=1S/C13H16N2O2/c1-2-8-14-12-6-3-7-13(15-12)17-10-11-5-4-9-16-11/h3-7,9H,2,8,10H2,1H3,(H,14,15). The van der Waals surface area contributed by atoms with Gasteiger partial charge in [-0.1, -0.05) is 13.0 Å². The molecule has 1 N–H and O–H groups in total. The van der Waals surface area contributed by atoms with Crippen molar-refractivity contribution in [2.45, 2.75) is 20.0 Å². The van der Waals surface area contributed by atoms with Crippen LogP contribution < -0.4 is 10.1 Å². The number of ether oxygens (including phenoxy) is 1. The molecule has 2 rings (SSSR count). The number of rotatable bonds is 6. The molecule has 0 saturated heterocycles. The molecule has 2 heterocycles. The zero-order valence-corrected chi connectivity index (χ0v) is 9.85. The van der Waals surface area contributed by atoms with Crippen molar-refractivity contribution in [2.24, 2.45) is 0 Å². The lowest BCUT2D eigenvalue weighted by molar-refractivity contribution is 0.261. The summed E-state index contributed by atoms with van der Waals surface area (Å²) < 4.78 is 10.7. The average molecular weight is 232 g/mol. The molecule has 17 heavy (non-hydrogen) atoms. The molecule has 0 aliphatic rings. The van der Waals surface area contributed by atoms with Gasteiger partial charge in [-0.15, -0.1) is 0 Å². The minimum Gasteiger partial charge on any atom is -0.469 e. The minimum atomic E-state index is 0.400. The maximum absolute atomic E-state index is 5.53. The van der Waals surface area contributed by atoms with Crippen LogP contribution in [0, 0.1) is 0 Å². The molecule has 0 unspecified atom stereocenters. The summed E-state index contributed by atoms with van der Waals surface area (Å²) in [6, 6.07) is 9.39. The first kappa shape index (κ1) is 11.5. The Bertz CT molecular complexity index is 440. The Hall–Kier alpha value is -1.97. The van der Waals surface area contributed by atoms with E-state index in [1.165, 1.54) is 0 Å². The van der Waals surface area contributed by atoms with Gasteiger partial charge in [-0.25, -0.2) is 0 Å². The zero-order chi connectivity index (χ0) is 11.9. The first-order valence-electron chi connectivity index (χ1n) is 5.74. The third-order valence-electron chi connectivity index (χ3n) is 2.22. The summed E-state index contributed by atoms with van der Waals surface area (Å²) in [5, 5.41) is 3.21. The summed E-state index contributed by atoms with van der Waals surface area (Å²) in [5.74, 6) is 2.23. The van der Waals surface area contributed by atoms with Crippen LogP contribution in [0.2, 0.25) is 0 Å². The third kappa shape index (κ3) is 3.52. The smallest absolute Gasteiger partial charge is 0.215 e. The summed E-state index contributed by atoms with van der Waals surface area (Å²) in [7, 11) is 0. The van der Waals surface area contributed by atoms with E-state index in [1.54, 1.807) is 6.26 Å². The molecule has 0 atom stereocenters. The van der Waals surface area contributed by atoms with Gasteiger partial charge in [0.25, 0.3) is 0 Å². The van der Waals surface area contributed by atoms with Crippen molar-refractivity contribution in [2.75, 3.05) is 11.9 Å². The van der Waals surface area contributed by atoms with Gasteiger partial charge in [0.15, 0.2) is 0 Å². The monoisotopic (exact) mass is 232 g/mol. The van der Waals surface area contributed by atoms with Crippen LogP contribution >= 0.6 is 0 Å². The lowest BCUT2D eigenvalue weighted by Gasteiger charge is -2.06. The number of hydrogen-bond acceptors (Lipinski definition) is 4. The molecule has 0 amide bonds. The van der Waals surface area contributed by atoms with Crippen LogP contribution in [0.15, 0.2) is 41.0 Å². The van der Waals surface area contributed by atoms with Gasteiger partial charge in [0.2, 0.25) is 5.88 Å². The molecule has 0 fully saturated rings. The van der Waals surface area contributed by atoms with Crippen molar-refractivity contribution in [3.63, 3.8) is 0 Å². The first-order chi connectivity index (χ1) is 8.38. The number of hydrogen-bond donors (Lipinski definition) is 1. The average Bonchev–Trinajstić information content (AvgIpc) is 2.87. The summed E-state index contributed by atoms with van der Waals surface area (Å²) >= 11 is 0. The van der Waals surface area contributed by atoms with Gasteiger partial charge in [-0.05, 0) is 24.6 Å². The molecular weight excluding hydrogens is 216 g/mol. The van der Waals surface area contributed by atoms with Crippen LogP contribution in [0.1, 0.15) is 19.1 Å². The second-order valence-corrected chi connectivity index (χ2v) is 3.66. The van der Waals surface area contributed by atoms with E-state index in [4.69, 9.17) is 9.15 Å². The summed E-state index contributed by atoms with van der Waals surface area (Å²) in [6.07, 6.45) is 2.70. The molecule has 2 aromatic heterocycles. The van der Waals surface area contributed by atoms with E-state index in [0.717, 1.165) is 24.5 Å². The number of anilines is 1. The van der Waals surface area contributed by atoms with E-state index in [-0.39, 0.29) is 0 Å². The fraction of sp³-hybridized carbons (Fsp3) is 0.308. The number of nitrogens with one attached hydrogen (secondary N) is 1. The quantitative estimate of drug-likeness (QED) is 0.831. The fourth-order valence-corrected chi connectivity index (χ4v) is 1.39. The Balaban J connectivity index is 1.91. The highest BCUT2D eigenvalue weighted by molar-refractivity contribution is 5.36. The topological polar surface area (TPSA) is 47.3 Å². The molecule has 4 heteroatoms. The Morgan fingerprint density at radius 2 is 2.24 bits per heavy atom. The molecular formula is C13H16N2O2. The van der Waals surface area contributed by atoms with Gasteiger partial charge in [-0.2, -0.15) is 4.98 Å². The lowest BCUT2D eigenvalue weighted by Crippen LogP contribution is -2.03. The molecule has 90 valence electrons. The summed E-state index contributed by atoms with van der Waals surface area (Å²) in [4.78, 5) is 4.33. The predicted molar refractivity (Wildman–Crippen MR) is 66.1 cm³/mol. The van der Waals surface area contributed by atoms with E-state index in [2.05, 4.69) is 17.2 Å². The highest BCUT2D eigenvalue weighted by atomic mass is 16.5. The highest BCUT2D eigenvalue weighted by Gasteiger charge is 2.00. The number of pyridine rings is 1. The van der Waals surface area contributed by atoms with Gasteiger partial charge in [0, 0.05) is 12.6 Å². The van der Waals surface area contributed by atoms with Gasteiger partial charge in [0.05, 0.1) is 6.26 Å². The fourth-order valence-electron chi connectivity index (χ4n) is 1.39. The Morgan fingerprint density at radius 1 is 1.29 bits per heavy atom. The van der Waals surface area contributed by atoms with Crippen molar-refractivity contribution in [3.8, 4) is 5.88 Å².